The highest BCUT2D eigenvalue weighted by Crippen LogP contribution is 2.39. The molecular weight excluding hydrogens is 397 g/mol. The van der Waals surface area contributed by atoms with Gasteiger partial charge in [0.1, 0.15) is 6.23 Å². The molecule has 0 aliphatic carbocycles. The molecule has 1 amide bonds. The molecule has 2 unspecified atom stereocenters. The first kappa shape index (κ1) is 21.8. The molecule has 2 rings (SSSR count). The predicted octanol–water partition coefficient (Wildman–Crippen LogP) is -0.736. The fraction of sp³-hybridized carbons (Fsp3) is 0.615. The number of hydrogen-bond acceptors (Lipinski definition) is 7. The summed E-state index contributed by atoms with van der Waals surface area (Å²) < 4.78 is 23.6. The number of rotatable bonds is 8. The number of nitrogens with zero attached hydrogens (tertiary/aromatic N) is 4. The van der Waals surface area contributed by atoms with Gasteiger partial charge in [0, 0.05) is 30.1 Å². The quantitative estimate of drug-likeness (QED) is 0.183. The lowest BCUT2D eigenvalue weighted by molar-refractivity contribution is -0.119. The average Bonchev–Trinajstić information content (AvgIpc) is 3.04. The molecular formula is C13H20N7O7P. The van der Waals surface area contributed by atoms with Gasteiger partial charge in [-0.3, -0.25) is 23.7 Å². The van der Waals surface area contributed by atoms with Crippen LogP contribution in [0.1, 0.15) is 18.2 Å². The molecule has 1 saturated heterocycles. The van der Waals surface area contributed by atoms with Gasteiger partial charge in [-0.25, -0.2) is 14.4 Å². The Bertz CT molecular complexity index is 938. The normalized spacial score (nSPS) is 23.6. The lowest BCUT2D eigenvalue weighted by Gasteiger charge is -2.19. The van der Waals surface area contributed by atoms with E-state index >= 15 is 0 Å². The number of likely N-dealkylation sites (N-methyl/N-ethyl adjacent to an activating group) is 1. The summed E-state index contributed by atoms with van der Waals surface area (Å²) in [5.41, 5.74) is 7.76. The number of carbonyl (C=O) groups excluding carboxylic acids is 1. The Hall–Kier alpha value is -2.47. The van der Waals surface area contributed by atoms with Gasteiger partial charge in [0.2, 0.25) is 5.91 Å². The maximum atomic E-state index is 12.0. The number of azide groups is 1. The molecule has 1 fully saturated rings. The zero-order valence-electron chi connectivity index (χ0n) is 15.1. The van der Waals surface area contributed by atoms with Crippen molar-refractivity contribution >= 4 is 13.7 Å². The minimum absolute atomic E-state index is 0.0882. The van der Waals surface area contributed by atoms with Crippen molar-refractivity contribution in [1.29, 1.82) is 0 Å². The highest BCUT2D eigenvalue weighted by Gasteiger charge is 2.38. The van der Waals surface area contributed by atoms with Crippen LogP contribution in [-0.4, -0.2) is 52.7 Å². The summed E-state index contributed by atoms with van der Waals surface area (Å²) >= 11 is 0. The van der Waals surface area contributed by atoms with Crippen molar-refractivity contribution in [3.05, 3.63) is 43.0 Å². The molecule has 0 aromatic carbocycles. The first-order chi connectivity index (χ1) is 13.2. The number of amides is 1. The summed E-state index contributed by atoms with van der Waals surface area (Å²) in [5, 5.41) is 7.91. The van der Waals surface area contributed by atoms with E-state index < -0.39 is 56.4 Å². The van der Waals surface area contributed by atoms with Crippen LogP contribution >= 0.6 is 7.75 Å². The van der Waals surface area contributed by atoms with Gasteiger partial charge >= 0.3 is 13.4 Å². The molecule has 154 valence electrons. The van der Waals surface area contributed by atoms with Crippen molar-refractivity contribution < 1.29 is 23.5 Å². The Balaban J connectivity index is 2.10. The maximum absolute atomic E-state index is 12.0. The molecule has 0 bridgehead atoms. The smallest absolute Gasteiger partial charge is 0.358 e. The fourth-order valence-electron chi connectivity index (χ4n) is 2.50. The number of carbonyl (C=O) groups is 1. The van der Waals surface area contributed by atoms with E-state index in [0.29, 0.717) is 0 Å². The minimum atomic E-state index is -4.31. The molecule has 4 atom stereocenters. The van der Waals surface area contributed by atoms with Gasteiger partial charge in [0.15, 0.2) is 0 Å². The molecule has 28 heavy (non-hydrogen) atoms. The van der Waals surface area contributed by atoms with Crippen molar-refractivity contribution in [3.8, 4) is 0 Å². The number of ether oxygens (including phenoxy) is 1. The first-order valence-corrected chi connectivity index (χ1v) is 9.69. The highest BCUT2D eigenvalue weighted by atomic mass is 31.2. The molecule has 1 aromatic heterocycles. The number of aryl methyl sites for hydroxylation is 1. The Morgan fingerprint density at radius 3 is 2.96 bits per heavy atom. The Morgan fingerprint density at radius 2 is 2.32 bits per heavy atom. The van der Waals surface area contributed by atoms with E-state index in [4.69, 9.17) is 14.8 Å². The second kappa shape index (κ2) is 9.15. The SMILES string of the molecule is CNC(=O)CNP(=O)(O)OC[C@H]1O[C@@H](n2cc(C)c(=O)[nH]c2=O)CC1N=[N+]=[N-]. The summed E-state index contributed by atoms with van der Waals surface area (Å²) in [6.45, 7) is 0.630. The zero-order valence-corrected chi connectivity index (χ0v) is 16.0. The second-order valence-corrected chi connectivity index (χ2v) is 7.56. The fourth-order valence-corrected chi connectivity index (χ4v) is 3.29. The molecule has 2 heterocycles. The van der Waals surface area contributed by atoms with Gasteiger partial charge < -0.3 is 14.9 Å². The highest BCUT2D eigenvalue weighted by molar-refractivity contribution is 7.50. The topological polar surface area (TPSA) is 201 Å². The summed E-state index contributed by atoms with van der Waals surface area (Å²) in [7, 11) is -2.95. The minimum Gasteiger partial charge on any atom is -0.358 e. The van der Waals surface area contributed by atoms with E-state index in [1.807, 2.05) is 0 Å². The molecule has 0 saturated carbocycles. The number of hydrogen-bond donors (Lipinski definition) is 4. The summed E-state index contributed by atoms with van der Waals surface area (Å²) in [5.74, 6) is -0.519. The van der Waals surface area contributed by atoms with E-state index in [0.717, 1.165) is 4.57 Å². The van der Waals surface area contributed by atoms with Crippen molar-refractivity contribution in [2.24, 2.45) is 5.11 Å². The predicted molar refractivity (Wildman–Crippen MR) is 95.4 cm³/mol. The van der Waals surface area contributed by atoms with Crippen molar-refractivity contribution in [3.63, 3.8) is 0 Å². The monoisotopic (exact) mass is 417 g/mol. The van der Waals surface area contributed by atoms with Crippen molar-refractivity contribution in [2.45, 2.75) is 31.7 Å². The molecule has 1 aliphatic heterocycles. The Labute approximate surface area is 158 Å². The third-order valence-corrected chi connectivity index (χ3v) is 5.05. The van der Waals surface area contributed by atoms with Crippen LogP contribution in [0.3, 0.4) is 0 Å². The standard InChI is InChI=1S/C13H20N7O7P/c1-7-5-20(13(23)17-12(7)22)11-3-8(18-19-14)9(27-11)6-26-28(24,25)16-4-10(21)15-2/h5,8-9,11H,3-4,6H2,1-2H3,(H,15,21)(H2,16,24,25)(H,17,22,23)/t8?,9-,11-/m1/s1. The van der Waals surface area contributed by atoms with E-state index in [9.17, 15) is 23.8 Å². The second-order valence-electron chi connectivity index (χ2n) is 5.94. The average molecular weight is 417 g/mol. The molecule has 1 aromatic rings. The van der Waals surface area contributed by atoms with Crippen molar-refractivity contribution in [2.75, 3.05) is 20.2 Å². The van der Waals surface area contributed by atoms with Gasteiger partial charge in [-0.1, -0.05) is 5.11 Å². The summed E-state index contributed by atoms with van der Waals surface area (Å²) in [4.78, 5) is 49.2. The van der Waals surface area contributed by atoms with E-state index in [1.165, 1.54) is 20.2 Å². The number of aromatic nitrogens is 2. The number of nitrogens with one attached hydrogen (secondary N) is 3. The molecule has 0 radical (unpaired) electrons. The van der Waals surface area contributed by atoms with Gasteiger partial charge in [0.05, 0.1) is 25.3 Å². The molecule has 0 spiro atoms. The Kier molecular flexibility index (Phi) is 7.13. The van der Waals surface area contributed by atoms with Gasteiger partial charge in [-0.2, -0.15) is 0 Å². The first-order valence-electron chi connectivity index (χ1n) is 8.11. The number of aromatic amines is 1. The van der Waals surface area contributed by atoms with Gasteiger partial charge in [-0.15, -0.1) is 0 Å². The van der Waals surface area contributed by atoms with Crippen LogP contribution in [0, 0.1) is 6.92 Å². The van der Waals surface area contributed by atoms with Crippen LogP contribution in [0.25, 0.3) is 10.4 Å². The van der Waals surface area contributed by atoms with Crippen molar-refractivity contribution in [1.82, 2.24) is 20.0 Å². The van der Waals surface area contributed by atoms with Gasteiger partial charge in [0.25, 0.3) is 5.56 Å². The largest absolute Gasteiger partial charge is 0.403 e. The van der Waals surface area contributed by atoms with E-state index in [2.05, 4.69) is 25.4 Å². The third-order valence-electron chi connectivity index (χ3n) is 3.99. The zero-order chi connectivity index (χ0) is 20.9. The maximum Gasteiger partial charge on any atom is 0.403 e. The van der Waals surface area contributed by atoms with E-state index in [-0.39, 0.29) is 12.0 Å². The van der Waals surface area contributed by atoms with Crippen LogP contribution in [0.2, 0.25) is 0 Å². The van der Waals surface area contributed by atoms with E-state index in [1.54, 1.807) is 0 Å². The number of H-pyrrole nitrogens is 1. The van der Waals surface area contributed by atoms with Crippen LogP contribution in [0.5, 0.6) is 0 Å². The molecule has 14 nitrogen and oxygen atoms in total. The lowest BCUT2D eigenvalue weighted by atomic mass is 10.1. The molecule has 15 heteroatoms. The van der Waals surface area contributed by atoms with Crippen LogP contribution in [0.4, 0.5) is 0 Å². The Morgan fingerprint density at radius 1 is 1.61 bits per heavy atom. The molecule has 4 N–H and O–H groups in total. The summed E-state index contributed by atoms with van der Waals surface area (Å²) in [6, 6.07) is -0.784. The van der Waals surface area contributed by atoms with Gasteiger partial charge in [-0.05, 0) is 12.5 Å². The van der Waals surface area contributed by atoms with Crippen LogP contribution in [0.15, 0.2) is 20.9 Å². The van der Waals surface area contributed by atoms with Crippen LogP contribution < -0.4 is 21.7 Å². The van der Waals surface area contributed by atoms with Crippen LogP contribution in [-0.2, 0) is 18.6 Å². The molecule has 1 aliphatic rings. The summed E-state index contributed by atoms with van der Waals surface area (Å²) in [6.07, 6.45) is -0.402. The third kappa shape index (κ3) is 5.52. The lowest BCUT2D eigenvalue weighted by Crippen LogP contribution is -2.33.